The normalized spacial score (nSPS) is 18.7. The lowest BCUT2D eigenvalue weighted by molar-refractivity contribution is -0.141. The highest BCUT2D eigenvalue weighted by molar-refractivity contribution is 7.89. The predicted octanol–water partition coefficient (Wildman–Crippen LogP) is 3.16. The largest absolute Gasteiger partial charge is 0.433 e. The van der Waals surface area contributed by atoms with Crippen LogP contribution in [0.25, 0.3) is 11.3 Å². The van der Waals surface area contributed by atoms with Gasteiger partial charge in [0, 0.05) is 17.8 Å². The van der Waals surface area contributed by atoms with Crippen LogP contribution in [0.5, 0.6) is 0 Å². The van der Waals surface area contributed by atoms with Gasteiger partial charge >= 0.3 is 6.18 Å². The molecule has 0 radical (unpaired) electrons. The molecule has 1 aromatic carbocycles. The van der Waals surface area contributed by atoms with Crippen LogP contribution in [-0.2, 0) is 27.5 Å². The molecule has 8 nitrogen and oxygen atoms in total. The molecule has 1 aliphatic heterocycles. The first kappa shape index (κ1) is 24.7. The van der Waals surface area contributed by atoms with E-state index in [-0.39, 0.29) is 11.4 Å². The summed E-state index contributed by atoms with van der Waals surface area (Å²) in [6, 6.07) is 6.55. The van der Waals surface area contributed by atoms with Gasteiger partial charge < -0.3 is 5.32 Å². The summed E-state index contributed by atoms with van der Waals surface area (Å²) in [6.45, 7) is 1.61. The second-order valence-corrected chi connectivity index (χ2v) is 9.77. The number of carbonyl (C=O) groups excluding carboxylic acids is 1. The molecule has 1 fully saturated rings. The molecule has 184 valence electrons. The van der Waals surface area contributed by atoms with Crippen LogP contribution in [0.15, 0.2) is 59.9 Å². The Labute approximate surface area is 198 Å². The summed E-state index contributed by atoms with van der Waals surface area (Å²) in [5, 5.41) is 2.63. The fraction of sp³-hybridized carbons (Fsp3) is 0.273. The standard InChI is InChI=1S/C22H19F4N5O3S/c1-13-8-19(31(13)35(33,34)17-5-3-15(23)4-6-17)21(32)28-11-16-9-18(30-12-29-16)14-2-7-20(27-10-14)22(24,25)26/h2-7,9-10,12-13,19H,8,11H2,1H3,(H,28,32)/t13?,19-/m1/s1. The number of benzene rings is 1. The molecular weight excluding hydrogens is 490 g/mol. The maximum atomic E-state index is 13.2. The van der Waals surface area contributed by atoms with E-state index in [1.807, 2.05) is 0 Å². The lowest BCUT2D eigenvalue weighted by Gasteiger charge is -2.44. The minimum absolute atomic E-state index is 0.0578. The fourth-order valence-electron chi connectivity index (χ4n) is 3.72. The van der Waals surface area contributed by atoms with Gasteiger partial charge in [-0.25, -0.2) is 22.8 Å². The van der Waals surface area contributed by atoms with Crippen LogP contribution in [-0.4, -0.2) is 45.7 Å². The van der Waals surface area contributed by atoms with E-state index >= 15 is 0 Å². The Morgan fingerprint density at radius 1 is 1.11 bits per heavy atom. The Hall–Kier alpha value is -3.45. The molecule has 1 saturated heterocycles. The van der Waals surface area contributed by atoms with E-state index in [0.29, 0.717) is 23.4 Å². The number of hydrogen-bond acceptors (Lipinski definition) is 6. The first-order chi connectivity index (χ1) is 16.5. The van der Waals surface area contributed by atoms with Crippen molar-refractivity contribution in [2.75, 3.05) is 0 Å². The molecule has 2 aromatic heterocycles. The molecule has 4 rings (SSSR count). The predicted molar refractivity (Wildman–Crippen MR) is 115 cm³/mol. The van der Waals surface area contributed by atoms with Crippen molar-refractivity contribution in [3.8, 4) is 11.3 Å². The fourth-order valence-corrected chi connectivity index (χ4v) is 5.52. The van der Waals surface area contributed by atoms with Crippen LogP contribution in [0.3, 0.4) is 0 Å². The number of carbonyl (C=O) groups is 1. The number of alkyl halides is 3. The highest BCUT2D eigenvalue weighted by Crippen LogP contribution is 2.33. The molecule has 0 spiro atoms. The summed E-state index contributed by atoms with van der Waals surface area (Å²) >= 11 is 0. The SMILES string of the molecule is CC1C[C@H](C(=O)NCc2cc(-c3ccc(C(F)(F)F)nc3)ncn2)N1S(=O)(=O)c1ccc(F)cc1. The number of amides is 1. The van der Waals surface area contributed by atoms with Gasteiger partial charge in [-0.05, 0) is 55.8 Å². The number of halogens is 4. The van der Waals surface area contributed by atoms with Gasteiger partial charge in [-0.15, -0.1) is 0 Å². The maximum Gasteiger partial charge on any atom is 0.433 e. The third-order valence-corrected chi connectivity index (χ3v) is 7.55. The average molecular weight is 509 g/mol. The van der Waals surface area contributed by atoms with Crippen LogP contribution in [0.2, 0.25) is 0 Å². The molecule has 35 heavy (non-hydrogen) atoms. The van der Waals surface area contributed by atoms with Crippen molar-refractivity contribution < 1.29 is 30.8 Å². The van der Waals surface area contributed by atoms with Gasteiger partial charge in [-0.1, -0.05) is 0 Å². The number of hydrogen-bond donors (Lipinski definition) is 1. The van der Waals surface area contributed by atoms with Gasteiger partial charge in [-0.2, -0.15) is 17.5 Å². The van der Waals surface area contributed by atoms with E-state index in [1.54, 1.807) is 6.92 Å². The Morgan fingerprint density at radius 3 is 2.43 bits per heavy atom. The van der Waals surface area contributed by atoms with E-state index in [9.17, 15) is 30.8 Å². The number of rotatable bonds is 6. The molecular formula is C22H19F4N5O3S. The van der Waals surface area contributed by atoms with Gasteiger partial charge in [0.05, 0.1) is 22.8 Å². The average Bonchev–Trinajstić information content (AvgIpc) is 2.80. The molecule has 1 amide bonds. The number of nitrogens with one attached hydrogen (secondary N) is 1. The summed E-state index contributed by atoms with van der Waals surface area (Å²) in [4.78, 5) is 24.1. The highest BCUT2D eigenvalue weighted by Gasteiger charge is 2.48. The number of aromatic nitrogens is 3. The second kappa shape index (κ2) is 9.30. The molecule has 1 unspecified atom stereocenters. The van der Waals surface area contributed by atoms with E-state index in [2.05, 4.69) is 20.3 Å². The van der Waals surface area contributed by atoms with E-state index in [4.69, 9.17) is 0 Å². The lowest BCUT2D eigenvalue weighted by atomic mass is 9.98. The second-order valence-electron chi connectivity index (χ2n) is 7.93. The Kier molecular flexibility index (Phi) is 6.56. The Morgan fingerprint density at radius 2 is 1.83 bits per heavy atom. The van der Waals surface area contributed by atoms with Crippen LogP contribution < -0.4 is 5.32 Å². The minimum Gasteiger partial charge on any atom is -0.349 e. The third-order valence-electron chi connectivity index (χ3n) is 5.51. The molecule has 0 bridgehead atoms. The zero-order valence-corrected chi connectivity index (χ0v) is 19.0. The molecule has 1 aliphatic rings. The van der Waals surface area contributed by atoms with Crippen LogP contribution >= 0.6 is 0 Å². The smallest absolute Gasteiger partial charge is 0.349 e. The van der Waals surface area contributed by atoms with Crippen LogP contribution in [0, 0.1) is 5.82 Å². The molecule has 3 heterocycles. The summed E-state index contributed by atoms with van der Waals surface area (Å²) in [6.07, 6.45) is -2.01. The van der Waals surface area contributed by atoms with Crippen molar-refractivity contribution in [3.05, 3.63) is 72.2 Å². The molecule has 1 N–H and O–H groups in total. The molecule has 0 saturated carbocycles. The quantitative estimate of drug-likeness (QED) is 0.512. The van der Waals surface area contributed by atoms with Crippen molar-refractivity contribution >= 4 is 15.9 Å². The summed E-state index contributed by atoms with van der Waals surface area (Å²) in [5.74, 6) is -1.11. The maximum absolute atomic E-state index is 13.2. The molecule has 13 heteroatoms. The first-order valence-corrected chi connectivity index (χ1v) is 11.8. The van der Waals surface area contributed by atoms with Crippen molar-refractivity contribution in [1.29, 1.82) is 0 Å². The lowest BCUT2D eigenvalue weighted by Crippen LogP contribution is -2.62. The molecule has 2 atom stereocenters. The van der Waals surface area contributed by atoms with Gasteiger partial charge in [0.15, 0.2) is 0 Å². The van der Waals surface area contributed by atoms with Crippen molar-refractivity contribution in [2.24, 2.45) is 0 Å². The van der Waals surface area contributed by atoms with E-state index in [1.165, 1.54) is 18.5 Å². The van der Waals surface area contributed by atoms with Gasteiger partial charge in [0.1, 0.15) is 23.9 Å². The summed E-state index contributed by atoms with van der Waals surface area (Å²) in [7, 11) is -4.01. The van der Waals surface area contributed by atoms with Crippen molar-refractivity contribution in [3.63, 3.8) is 0 Å². The van der Waals surface area contributed by atoms with E-state index < -0.39 is 45.7 Å². The number of sulfonamides is 1. The topological polar surface area (TPSA) is 105 Å². The van der Waals surface area contributed by atoms with Crippen molar-refractivity contribution in [2.45, 2.75) is 43.0 Å². The highest BCUT2D eigenvalue weighted by atomic mass is 32.2. The van der Waals surface area contributed by atoms with Gasteiger partial charge in [0.25, 0.3) is 0 Å². The van der Waals surface area contributed by atoms with Gasteiger partial charge in [-0.3, -0.25) is 9.78 Å². The molecule has 3 aromatic rings. The zero-order chi connectivity index (χ0) is 25.4. The zero-order valence-electron chi connectivity index (χ0n) is 18.2. The summed E-state index contributed by atoms with van der Waals surface area (Å²) < 4.78 is 78.3. The first-order valence-electron chi connectivity index (χ1n) is 10.4. The molecule has 0 aliphatic carbocycles. The van der Waals surface area contributed by atoms with Gasteiger partial charge in [0.2, 0.25) is 15.9 Å². The Bertz CT molecular complexity index is 1330. The third kappa shape index (κ3) is 5.15. The number of pyridine rings is 1. The van der Waals surface area contributed by atoms with Crippen molar-refractivity contribution in [1.82, 2.24) is 24.6 Å². The summed E-state index contributed by atoms with van der Waals surface area (Å²) in [5.41, 5.74) is -0.0261. The monoisotopic (exact) mass is 509 g/mol. The van der Waals surface area contributed by atoms with Crippen LogP contribution in [0.1, 0.15) is 24.7 Å². The Balaban J connectivity index is 1.44. The van der Waals surface area contributed by atoms with E-state index in [0.717, 1.165) is 40.8 Å². The minimum atomic E-state index is -4.56. The van der Waals surface area contributed by atoms with Crippen LogP contribution in [0.4, 0.5) is 17.6 Å². The number of nitrogens with zero attached hydrogens (tertiary/aromatic N) is 4.